The van der Waals surface area contributed by atoms with Crippen LogP contribution in [-0.4, -0.2) is 15.9 Å². The normalized spacial score (nSPS) is 10.5. The minimum absolute atomic E-state index is 0.123. The standard InChI is InChI=1S/C8H13NOS/c1-6-4-7(5-10)9(2)8(6)11-3/h4,10H,5H2,1-3H3. The molecule has 0 fully saturated rings. The maximum absolute atomic E-state index is 8.92. The summed E-state index contributed by atoms with van der Waals surface area (Å²) in [5.74, 6) is 0. The molecule has 2 nitrogen and oxygen atoms in total. The zero-order chi connectivity index (χ0) is 8.43. The third-order valence-corrected chi connectivity index (χ3v) is 2.79. The molecule has 1 N–H and O–H groups in total. The molecule has 11 heavy (non-hydrogen) atoms. The highest BCUT2D eigenvalue weighted by molar-refractivity contribution is 7.98. The van der Waals surface area contributed by atoms with E-state index in [2.05, 4.69) is 6.92 Å². The highest BCUT2D eigenvalue weighted by atomic mass is 32.2. The number of aromatic nitrogens is 1. The lowest BCUT2D eigenvalue weighted by Gasteiger charge is -2.02. The van der Waals surface area contributed by atoms with Gasteiger partial charge in [0, 0.05) is 12.7 Å². The van der Waals surface area contributed by atoms with E-state index in [1.807, 2.05) is 23.9 Å². The molecule has 0 spiro atoms. The van der Waals surface area contributed by atoms with E-state index in [0.29, 0.717) is 0 Å². The lowest BCUT2D eigenvalue weighted by Crippen LogP contribution is -1.96. The second-order valence-corrected chi connectivity index (χ2v) is 3.34. The number of aryl methyl sites for hydroxylation is 1. The minimum Gasteiger partial charge on any atom is -0.390 e. The molecule has 62 valence electrons. The maximum Gasteiger partial charge on any atom is 0.0833 e. The quantitative estimate of drug-likeness (QED) is 0.683. The topological polar surface area (TPSA) is 25.2 Å². The van der Waals surface area contributed by atoms with Crippen LogP contribution in [0.4, 0.5) is 0 Å². The van der Waals surface area contributed by atoms with Gasteiger partial charge in [0.05, 0.1) is 11.6 Å². The molecule has 0 atom stereocenters. The molecule has 0 saturated heterocycles. The molecule has 1 aromatic rings. The number of thioether (sulfide) groups is 1. The van der Waals surface area contributed by atoms with Gasteiger partial charge in [-0.3, -0.25) is 0 Å². The maximum atomic E-state index is 8.92. The molecule has 0 saturated carbocycles. The number of hydrogen-bond acceptors (Lipinski definition) is 2. The Labute approximate surface area is 71.2 Å². The summed E-state index contributed by atoms with van der Waals surface area (Å²) >= 11 is 1.71. The van der Waals surface area contributed by atoms with Crippen LogP contribution in [-0.2, 0) is 13.7 Å². The van der Waals surface area contributed by atoms with Crippen LogP contribution < -0.4 is 0 Å². The van der Waals surface area contributed by atoms with Gasteiger partial charge in [-0.2, -0.15) is 0 Å². The van der Waals surface area contributed by atoms with E-state index in [4.69, 9.17) is 5.11 Å². The molecule has 1 rings (SSSR count). The Morgan fingerprint density at radius 2 is 2.27 bits per heavy atom. The fraction of sp³-hybridized carbons (Fsp3) is 0.500. The Balaban J connectivity index is 3.14. The second-order valence-electron chi connectivity index (χ2n) is 2.55. The lowest BCUT2D eigenvalue weighted by atomic mass is 10.3. The van der Waals surface area contributed by atoms with Crippen molar-refractivity contribution < 1.29 is 5.11 Å². The highest BCUT2D eigenvalue weighted by Crippen LogP contribution is 2.22. The van der Waals surface area contributed by atoms with E-state index in [9.17, 15) is 0 Å². The van der Waals surface area contributed by atoms with E-state index in [1.165, 1.54) is 10.6 Å². The van der Waals surface area contributed by atoms with Gasteiger partial charge in [0.1, 0.15) is 0 Å². The van der Waals surface area contributed by atoms with E-state index in [-0.39, 0.29) is 6.61 Å². The fourth-order valence-electron chi connectivity index (χ4n) is 1.25. The average Bonchev–Trinajstić information content (AvgIpc) is 2.26. The van der Waals surface area contributed by atoms with Crippen molar-refractivity contribution in [3.05, 3.63) is 17.3 Å². The van der Waals surface area contributed by atoms with Gasteiger partial charge in [0.2, 0.25) is 0 Å². The second kappa shape index (κ2) is 3.32. The number of aliphatic hydroxyl groups is 1. The largest absolute Gasteiger partial charge is 0.390 e. The summed E-state index contributed by atoms with van der Waals surface area (Å²) in [6, 6.07) is 2.02. The smallest absolute Gasteiger partial charge is 0.0833 e. The van der Waals surface area contributed by atoms with Crippen LogP contribution in [0.2, 0.25) is 0 Å². The van der Waals surface area contributed by atoms with Crippen molar-refractivity contribution in [2.24, 2.45) is 7.05 Å². The monoisotopic (exact) mass is 171 g/mol. The third-order valence-electron chi connectivity index (χ3n) is 1.81. The van der Waals surface area contributed by atoms with Gasteiger partial charge in [-0.15, -0.1) is 11.8 Å². The van der Waals surface area contributed by atoms with Gasteiger partial charge >= 0.3 is 0 Å². The molecule has 0 aliphatic rings. The van der Waals surface area contributed by atoms with Crippen LogP contribution in [0.25, 0.3) is 0 Å². The van der Waals surface area contributed by atoms with E-state index >= 15 is 0 Å². The molecule has 0 bridgehead atoms. The Morgan fingerprint density at radius 3 is 2.55 bits per heavy atom. The van der Waals surface area contributed by atoms with Gasteiger partial charge in [-0.1, -0.05) is 0 Å². The van der Waals surface area contributed by atoms with Crippen molar-refractivity contribution in [2.75, 3.05) is 6.26 Å². The summed E-state index contributed by atoms with van der Waals surface area (Å²) in [4.78, 5) is 0. The van der Waals surface area contributed by atoms with Crippen molar-refractivity contribution in [3.63, 3.8) is 0 Å². The minimum atomic E-state index is 0.123. The molecule has 1 aromatic heterocycles. The summed E-state index contributed by atoms with van der Waals surface area (Å²) in [5.41, 5.74) is 2.22. The first kappa shape index (κ1) is 8.68. The Kier molecular flexibility index (Phi) is 2.62. The number of nitrogens with zero attached hydrogens (tertiary/aromatic N) is 1. The lowest BCUT2D eigenvalue weighted by molar-refractivity contribution is 0.271. The van der Waals surface area contributed by atoms with Gasteiger partial charge in [-0.05, 0) is 24.8 Å². The molecule has 0 aliphatic carbocycles. The average molecular weight is 171 g/mol. The summed E-state index contributed by atoms with van der Waals surface area (Å²) in [6.07, 6.45) is 2.05. The predicted molar refractivity (Wildman–Crippen MR) is 47.9 cm³/mol. The predicted octanol–water partition coefficient (Wildman–Crippen LogP) is 1.55. The van der Waals surface area contributed by atoms with Crippen LogP contribution in [0.5, 0.6) is 0 Å². The Hall–Kier alpha value is -0.410. The van der Waals surface area contributed by atoms with Crippen molar-refractivity contribution in [3.8, 4) is 0 Å². The van der Waals surface area contributed by atoms with E-state index in [1.54, 1.807) is 11.8 Å². The summed E-state index contributed by atoms with van der Waals surface area (Å²) in [6.45, 7) is 2.18. The SMILES string of the molecule is CSc1c(C)cc(CO)n1C. The first-order chi connectivity index (χ1) is 5.20. The van der Waals surface area contributed by atoms with Gasteiger partial charge in [0.15, 0.2) is 0 Å². The summed E-state index contributed by atoms with van der Waals surface area (Å²) in [5, 5.41) is 10.2. The molecule has 3 heteroatoms. The first-order valence-electron chi connectivity index (χ1n) is 3.50. The Bertz CT molecular complexity index is 255. The number of rotatable bonds is 2. The number of aliphatic hydroxyl groups excluding tert-OH is 1. The van der Waals surface area contributed by atoms with E-state index in [0.717, 1.165) is 5.69 Å². The molecule has 0 unspecified atom stereocenters. The summed E-state index contributed by atoms with van der Waals surface area (Å²) in [7, 11) is 1.98. The van der Waals surface area contributed by atoms with E-state index < -0.39 is 0 Å². The molecule has 0 aliphatic heterocycles. The van der Waals surface area contributed by atoms with Crippen LogP contribution in [0.3, 0.4) is 0 Å². The van der Waals surface area contributed by atoms with Crippen molar-refractivity contribution >= 4 is 11.8 Å². The van der Waals surface area contributed by atoms with Crippen molar-refractivity contribution in [1.29, 1.82) is 0 Å². The highest BCUT2D eigenvalue weighted by Gasteiger charge is 2.06. The first-order valence-corrected chi connectivity index (χ1v) is 4.73. The number of hydrogen-bond donors (Lipinski definition) is 1. The molecule has 1 heterocycles. The van der Waals surface area contributed by atoms with Crippen LogP contribution in [0.15, 0.2) is 11.1 Å². The summed E-state index contributed by atoms with van der Waals surface area (Å²) < 4.78 is 2.03. The molecular weight excluding hydrogens is 158 g/mol. The Morgan fingerprint density at radius 1 is 1.64 bits per heavy atom. The van der Waals surface area contributed by atoms with Gasteiger partial charge in [-0.25, -0.2) is 0 Å². The fourth-order valence-corrected chi connectivity index (χ4v) is 2.03. The molecular formula is C8H13NOS. The van der Waals surface area contributed by atoms with Gasteiger partial charge in [0.25, 0.3) is 0 Å². The van der Waals surface area contributed by atoms with Gasteiger partial charge < -0.3 is 9.67 Å². The van der Waals surface area contributed by atoms with Crippen LogP contribution >= 0.6 is 11.8 Å². The zero-order valence-electron chi connectivity index (χ0n) is 7.09. The molecule has 0 amide bonds. The third kappa shape index (κ3) is 1.44. The molecule has 0 radical (unpaired) electrons. The van der Waals surface area contributed by atoms with Crippen molar-refractivity contribution in [1.82, 2.24) is 4.57 Å². The zero-order valence-corrected chi connectivity index (χ0v) is 7.90. The van der Waals surface area contributed by atoms with Crippen molar-refractivity contribution in [2.45, 2.75) is 18.6 Å². The van der Waals surface area contributed by atoms with Crippen LogP contribution in [0, 0.1) is 6.92 Å². The molecule has 0 aromatic carbocycles. The van der Waals surface area contributed by atoms with Crippen LogP contribution in [0.1, 0.15) is 11.3 Å².